The summed E-state index contributed by atoms with van der Waals surface area (Å²) in [5.41, 5.74) is 2.41. The summed E-state index contributed by atoms with van der Waals surface area (Å²) < 4.78 is 0.556. The average Bonchev–Trinajstić information content (AvgIpc) is 2.65. The maximum Gasteiger partial charge on any atom is 0.195 e. The van der Waals surface area contributed by atoms with E-state index in [1.54, 1.807) is 6.07 Å². The lowest BCUT2D eigenvalue weighted by atomic mass is 10.1. The van der Waals surface area contributed by atoms with E-state index in [-0.39, 0.29) is 5.78 Å². The fraction of sp³-hybridized carbons (Fsp3) is 0.0833. The van der Waals surface area contributed by atoms with Crippen LogP contribution in [0.15, 0.2) is 35.7 Å². The fourth-order valence-electron chi connectivity index (χ4n) is 1.32. The number of halogens is 1. The molecule has 0 aliphatic rings. The third-order valence-electron chi connectivity index (χ3n) is 2.18. The van der Waals surface area contributed by atoms with Crippen molar-refractivity contribution >= 4 is 28.7 Å². The van der Waals surface area contributed by atoms with Crippen LogP contribution >= 0.6 is 22.9 Å². The zero-order valence-corrected chi connectivity index (χ0v) is 9.73. The maximum atomic E-state index is 12.0. The first kappa shape index (κ1) is 10.4. The Balaban J connectivity index is 2.37. The molecule has 0 fully saturated rings. The molecule has 0 atom stereocenters. The molecule has 15 heavy (non-hydrogen) atoms. The second-order valence-corrected chi connectivity index (χ2v) is 4.82. The minimum Gasteiger partial charge on any atom is -0.289 e. The molecule has 0 spiro atoms. The molecule has 76 valence electrons. The van der Waals surface area contributed by atoms with E-state index < -0.39 is 0 Å². The number of ketones is 1. The van der Waals surface area contributed by atoms with Crippen molar-refractivity contribution < 1.29 is 4.79 Å². The standard InChI is InChI=1S/C12H9ClOS/c1-8-2-4-9(5-3-8)11(14)10-6-7-15-12(10)13/h2-7H,1H3. The molecule has 1 aromatic carbocycles. The molecule has 0 saturated heterocycles. The van der Waals surface area contributed by atoms with Gasteiger partial charge in [-0.15, -0.1) is 11.3 Å². The van der Waals surface area contributed by atoms with Gasteiger partial charge in [-0.3, -0.25) is 4.79 Å². The van der Waals surface area contributed by atoms with E-state index in [9.17, 15) is 4.79 Å². The highest BCUT2D eigenvalue weighted by Crippen LogP contribution is 2.25. The Hall–Kier alpha value is -1.12. The molecule has 0 radical (unpaired) electrons. The van der Waals surface area contributed by atoms with Gasteiger partial charge in [0.05, 0.1) is 5.56 Å². The van der Waals surface area contributed by atoms with E-state index in [2.05, 4.69) is 0 Å². The third kappa shape index (κ3) is 2.11. The minimum atomic E-state index is -0.0127. The molecule has 3 heteroatoms. The summed E-state index contributed by atoms with van der Waals surface area (Å²) >= 11 is 7.29. The molecule has 0 N–H and O–H groups in total. The van der Waals surface area contributed by atoms with Crippen LogP contribution in [0.1, 0.15) is 21.5 Å². The summed E-state index contributed by atoms with van der Waals surface area (Å²) in [5, 5.41) is 1.82. The Morgan fingerprint density at radius 2 is 1.87 bits per heavy atom. The predicted octanol–water partition coefficient (Wildman–Crippen LogP) is 3.94. The van der Waals surface area contributed by atoms with Crippen LogP contribution in [0.5, 0.6) is 0 Å². The van der Waals surface area contributed by atoms with E-state index in [4.69, 9.17) is 11.6 Å². The van der Waals surface area contributed by atoms with Crippen LogP contribution in [0, 0.1) is 6.92 Å². The van der Waals surface area contributed by atoms with Gasteiger partial charge in [0.2, 0.25) is 0 Å². The molecule has 2 rings (SSSR count). The van der Waals surface area contributed by atoms with E-state index in [0.717, 1.165) is 5.56 Å². The molecular formula is C12H9ClOS. The van der Waals surface area contributed by atoms with Crippen LogP contribution < -0.4 is 0 Å². The highest BCUT2D eigenvalue weighted by molar-refractivity contribution is 7.14. The van der Waals surface area contributed by atoms with Gasteiger partial charge < -0.3 is 0 Å². The molecule has 1 nitrogen and oxygen atoms in total. The maximum absolute atomic E-state index is 12.0. The number of carbonyl (C=O) groups excluding carboxylic acids is 1. The number of aryl methyl sites for hydroxylation is 1. The van der Waals surface area contributed by atoms with Crippen molar-refractivity contribution in [2.75, 3.05) is 0 Å². The fourth-order valence-corrected chi connectivity index (χ4v) is 2.23. The molecule has 1 aromatic heterocycles. The van der Waals surface area contributed by atoms with Gasteiger partial charge in [-0.05, 0) is 18.4 Å². The van der Waals surface area contributed by atoms with Crippen LogP contribution in [-0.2, 0) is 0 Å². The van der Waals surface area contributed by atoms with Crippen molar-refractivity contribution in [2.24, 2.45) is 0 Å². The number of hydrogen-bond donors (Lipinski definition) is 0. The van der Waals surface area contributed by atoms with Crippen LogP contribution in [0.2, 0.25) is 4.34 Å². The summed E-state index contributed by atoms with van der Waals surface area (Å²) in [5.74, 6) is -0.0127. The van der Waals surface area contributed by atoms with Crippen molar-refractivity contribution in [3.63, 3.8) is 0 Å². The highest BCUT2D eigenvalue weighted by atomic mass is 35.5. The van der Waals surface area contributed by atoms with E-state index >= 15 is 0 Å². The monoisotopic (exact) mass is 236 g/mol. The largest absolute Gasteiger partial charge is 0.289 e. The Kier molecular flexibility index (Phi) is 2.89. The van der Waals surface area contributed by atoms with Crippen LogP contribution in [-0.4, -0.2) is 5.78 Å². The molecule has 2 aromatic rings. The number of rotatable bonds is 2. The van der Waals surface area contributed by atoms with Crippen molar-refractivity contribution in [1.82, 2.24) is 0 Å². The van der Waals surface area contributed by atoms with Crippen LogP contribution in [0.25, 0.3) is 0 Å². The van der Waals surface area contributed by atoms with Gasteiger partial charge in [0, 0.05) is 5.56 Å². The quantitative estimate of drug-likeness (QED) is 0.722. The number of hydrogen-bond acceptors (Lipinski definition) is 2. The number of carbonyl (C=O) groups is 1. The Morgan fingerprint density at radius 3 is 2.40 bits per heavy atom. The van der Waals surface area contributed by atoms with E-state index in [0.29, 0.717) is 15.5 Å². The normalized spacial score (nSPS) is 10.3. The summed E-state index contributed by atoms with van der Waals surface area (Å²) in [6.45, 7) is 1.99. The zero-order valence-electron chi connectivity index (χ0n) is 8.16. The van der Waals surface area contributed by atoms with Crippen LogP contribution in [0.3, 0.4) is 0 Å². The second kappa shape index (κ2) is 4.17. The molecule has 0 unspecified atom stereocenters. The van der Waals surface area contributed by atoms with Crippen molar-refractivity contribution in [2.45, 2.75) is 6.92 Å². The minimum absolute atomic E-state index is 0.0127. The Labute approximate surface area is 97.3 Å². The zero-order chi connectivity index (χ0) is 10.8. The third-order valence-corrected chi connectivity index (χ3v) is 3.35. The van der Waals surface area contributed by atoms with Crippen molar-refractivity contribution in [3.8, 4) is 0 Å². The molecule has 0 amide bonds. The molecule has 1 heterocycles. The topological polar surface area (TPSA) is 17.1 Å². The first-order chi connectivity index (χ1) is 7.18. The summed E-state index contributed by atoms with van der Waals surface area (Å²) in [6.07, 6.45) is 0. The Bertz CT molecular complexity index is 485. The van der Waals surface area contributed by atoms with Crippen molar-refractivity contribution in [1.29, 1.82) is 0 Å². The summed E-state index contributed by atoms with van der Waals surface area (Å²) in [4.78, 5) is 12.0. The number of thiophene rings is 1. The lowest BCUT2D eigenvalue weighted by molar-refractivity contribution is 0.103. The highest BCUT2D eigenvalue weighted by Gasteiger charge is 2.13. The predicted molar refractivity (Wildman–Crippen MR) is 63.9 cm³/mol. The van der Waals surface area contributed by atoms with Gasteiger partial charge >= 0.3 is 0 Å². The molecule has 0 saturated carbocycles. The van der Waals surface area contributed by atoms with Gasteiger partial charge in [-0.25, -0.2) is 0 Å². The smallest absolute Gasteiger partial charge is 0.195 e. The lowest BCUT2D eigenvalue weighted by Gasteiger charge is -1.99. The Morgan fingerprint density at radius 1 is 1.20 bits per heavy atom. The summed E-state index contributed by atoms with van der Waals surface area (Å²) in [7, 11) is 0. The molecule has 0 aliphatic heterocycles. The van der Waals surface area contributed by atoms with E-state index in [1.165, 1.54) is 11.3 Å². The van der Waals surface area contributed by atoms with Gasteiger partial charge in [-0.2, -0.15) is 0 Å². The molecule has 0 bridgehead atoms. The van der Waals surface area contributed by atoms with E-state index in [1.807, 2.05) is 36.6 Å². The first-order valence-electron chi connectivity index (χ1n) is 4.53. The second-order valence-electron chi connectivity index (χ2n) is 3.30. The van der Waals surface area contributed by atoms with Gasteiger partial charge in [0.15, 0.2) is 5.78 Å². The van der Waals surface area contributed by atoms with Gasteiger partial charge in [0.1, 0.15) is 4.34 Å². The summed E-state index contributed by atoms with van der Waals surface area (Å²) in [6, 6.07) is 9.26. The van der Waals surface area contributed by atoms with Gasteiger partial charge in [0.25, 0.3) is 0 Å². The van der Waals surface area contributed by atoms with Gasteiger partial charge in [-0.1, -0.05) is 41.4 Å². The number of benzene rings is 1. The molecule has 0 aliphatic carbocycles. The van der Waals surface area contributed by atoms with Crippen LogP contribution in [0.4, 0.5) is 0 Å². The SMILES string of the molecule is Cc1ccc(C(=O)c2ccsc2Cl)cc1. The average molecular weight is 237 g/mol. The molecular weight excluding hydrogens is 228 g/mol. The van der Waals surface area contributed by atoms with Crippen molar-refractivity contribution in [3.05, 3.63) is 56.7 Å². The first-order valence-corrected chi connectivity index (χ1v) is 5.78. The lowest BCUT2D eigenvalue weighted by Crippen LogP contribution is -1.99.